The SMILES string of the molecule is COc1cc(OC)nc(NS(=O)(=O)C(C)C#N)n1. The van der Waals surface area contributed by atoms with Gasteiger partial charge in [0.05, 0.1) is 26.4 Å². The van der Waals surface area contributed by atoms with E-state index in [-0.39, 0.29) is 17.7 Å². The molecule has 0 radical (unpaired) electrons. The summed E-state index contributed by atoms with van der Waals surface area (Å²) in [6.07, 6.45) is 0. The van der Waals surface area contributed by atoms with Gasteiger partial charge in [0, 0.05) is 0 Å². The molecule has 8 nitrogen and oxygen atoms in total. The van der Waals surface area contributed by atoms with Crippen molar-refractivity contribution in [2.45, 2.75) is 12.2 Å². The maximum atomic E-state index is 11.6. The monoisotopic (exact) mass is 272 g/mol. The zero-order chi connectivity index (χ0) is 13.8. The van der Waals surface area contributed by atoms with Gasteiger partial charge in [-0.1, -0.05) is 0 Å². The Kier molecular flexibility index (Phi) is 4.28. The van der Waals surface area contributed by atoms with Crippen LogP contribution < -0.4 is 14.2 Å². The van der Waals surface area contributed by atoms with Gasteiger partial charge in [-0.2, -0.15) is 15.2 Å². The first-order valence-corrected chi connectivity index (χ1v) is 6.36. The summed E-state index contributed by atoms with van der Waals surface area (Å²) in [5.41, 5.74) is 0. The van der Waals surface area contributed by atoms with Crippen molar-refractivity contribution in [2.75, 3.05) is 18.9 Å². The van der Waals surface area contributed by atoms with Crippen LogP contribution in [0.3, 0.4) is 0 Å². The normalized spacial score (nSPS) is 12.3. The van der Waals surface area contributed by atoms with Crippen LogP contribution in [0, 0.1) is 11.3 Å². The summed E-state index contributed by atoms with van der Waals surface area (Å²) in [6, 6.07) is 3.01. The average molecular weight is 272 g/mol. The topological polar surface area (TPSA) is 114 Å². The Morgan fingerprint density at radius 2 is 1.83 bits per heavy atom. The van der Waals surface area contributed by atoms with E-state index < -0.39 is 15.3 Å². The lowest BCUT2D eigenvalue weighted by Gasteiger charge is -2.09. The highest BCUT2D eigenvalue weighted by molar-refractivity contribution is 7.93. The lowest BCUT2D eigenvalue weighted by atomic mass is 10.5. The van der Waals surface area contributed by atoms with Crippen molar-refractivity contribution in [2.24, 2.45) is 0 Å². The number of anilines is 1. The predicted molar refractivity (Wildman–Crippen MR) is 62.8 cm³/mol. The van der Waals surface area contributed by atoms with Crippen molar-refractivity contribution in [3.05, 3.63) is 6.07 Å². The van der Waals surface area contributed by atoms with Crippen LogP contribution in [0.2, 0.25) is 0 Å². The van der Waals surface area contributed by atoms with Gasteiger partial charge in [-0.05, 0) is 6.92 Å². The summed E-state index contributed by atoms with van der Waals surface area (Å²) < 4.78 is 35.1. The molecule has 0 bridgehead atoms. The number of nitriles is 1. The minimum absolute atomic E-state index is 0.143. The Labute approximate surface area is 105 Å². The van der Waals surface area contributed by atoms with E-state index in [1.165, 1.54) is 27.2 Å². The van der Waals surface area contributed by atoms with Crippen molar-refractivity contribution < 1.29 is 17.9 Å². The minimum Gasteiger partial charge on any atom is -0.481 e. The fourth-order valence-electron chi connectivity index (χ4n) is 0.944. The lowest BCUT2D eigenvalue weighted by molar-refractivity contribution is 0.373. The minimum atomic E-state index is -3.86. The zero-order valence-electron chi connectivity index (χ0n) is 10.0. The van der Waals surface area contributed by atoms with Gasteiger partial charge >= 0.3 is 0 Å². The maximum absolute atomic E-state index is 11.6. The first-order valence-electron chi connectivity index (χ1n) is 4.81. The molecule has 0 saturated heterocycles. The van der Waals surface area contributed by atoms with E-state index in [4.69, 9.17) is 14.7 Å². The Morgan fingerprint density at radius 1 is 1.33 bits per heavy atom. The zero-order valence-corrected chi connectivity index (χ0v) is 10.9. The van der Waals surface area contributed by atoms with Crippen LogP contribution >= 0.6 is 0 Å². The Morgan fingerprint density at radius 3 is 2.22 bits per heavy atom. The third kappa shape index (κ3) is 3.21. The molecule has 18 heavy (non-hydrogen) atoms. The van der Waals surface area contributed by atoms with Gasteiger partial charge in [0.15, 0.2) is 5.25 Å². The summed E-state index contributed by atoms with van der Waals surface area (Å²) in [4.78, 5) is 7.58. The standard InChI is InChI=1S/C9H12N4O4S/c1-6(5-10)18(14,15)13-9-11-7(16-2)4-8(12-9)17-3/h4,6H,1-3H3,(H,11,12,13). The average Bonchev–Trinajstić information content (AvgIpc) is 2.36. The van der Waals surface area contributed by atoms with Gasteiger partial charge in [-0.25, -0.2) is 13.1 Å². The highest BCUT2D eigenvalue weighted by atomic mass is 32.2. The molecule has 98 valence electrons. The Hall–Kier alpha value is -2.08. The molecule has 0 saturated carbocycles. The Balaban J connectivity index is 3.08. The molecule has 0 fully saturated rings. The van der Waals surface area contributed by atoms with Crippen molar-refractivity contribution in [3.63, 3.8) is 0 Å². The highest BCUT2D eigenvalue weighted by Crippen LogP contribution is 2.18. The van der Waals surface area contributed by atoms with Gasteiger partial charge in [0.2, 0.25) is 17.7 Å². The summed E-state index contributed by atoms with van der Waals surface area (Å²) in [7, 11) is -1.11. The molecule has 0 aliphatic carbocycles. The summed E-state index contributed by atoms with van der Waals surface area (Å²) in [5, 5.41) is 7.37. The first-order chi connectivity index (χ1) is 8.42. The van der Waals surface area contributed by atoms with Crippen molar-refractivity contribution in [3.8, 4) is 17.8 Å². The molecular formula is C9H12N4O4S. The molecule has 0 aromatic carbocycles. The molecule has 0 amide bonds. The van der Waals surface area contributed by atoms with Crippen LogP contribution in [0.25, 0.3) is 0 Å². The van der Waals surface area contributed by atoms with Crippen LogP contribution in [0.5, 0.6) is 11.8 Å². The third-order valence-electron chi connectivity index (χ3n) is 1.98. The van der Waals surface area contributed by atoms with Crippen LogP contribution in [-0.2, 0) is 10.0 Å². The first kappa shape index (κ1) is 14.0. The smallest absolute Gasteiger partial charge is 0.251 e. The number of ether oxygens (including phenoxy) is 2. The molecule has 9 heteroatoms. The van der Waals surface area contributed by atoms with Gasteiger partial charge in [-0.15, -0.1) is 0 Å². The molecule has 1 unspecified atom stereocenters. The maximum Gasteiger partial charge on any atom is 0.251 e. The van der Waals surface area contributed by atoms with E-state index in [1.807, 2.05) is 0 Å². The summed E-state index contributed by atoms with van der Waals surface area (Å²) >= 11 is 0. The van der Waals surface area contributed by atoms with Crippen molar-refractivity contribution in [1.29, 1.82) is 5.26 Å². The van der Waals surface area contributed by atoms with Crippen LogP contribution in [0.1, 0.15) is 6.92 Å². The van der Waals surface area contributed by atoms with Gasteiger partial charge in [-0.3, -0.25) is 0 Å². The van der Waals surface area contributed by atoms with E-state index in [0.29, 0.717) is 0 Å². The number of rotatable bonds is 5. The Bertz CT molecular complexity index is 544. The lowest BCUT2D eigenvalue weighted by Crippen LogP contribution is -2.25. The molecule has 1 heterocycles. The molecule has 1 N–H and O–H groups in total. The molecule has 1 aromatic heterocycles. The fraction of sp³-hybridized carbons (Fsp3) is 0.444. The summed E-state index contributed by atoms with van der Waals surface area (Å²) in [6.45, 7) is 1.25. The second-order valence-corrected chi connectivity index (χ2v) is 5.20. The molecular weight excluding hydrogens is 260 g/mol. The van der Waals surface area contributed by atoms with Crippen molar-refractivity contribution in [1.82, 2.24) is 9.97 Å². The predicted octanol–water partition coefficient (Wildman–Crippen LogP) is 0.148. The summed E-state index contributed by atoms with van der Waals surface area (Å²) in [5.74, 6) is 0.0709. The van der Waals surface area contributed by atoms with Crippen LogP contribution in [-0.4, -0.2) is 37.9 Å². The molecule has 0 spiro atoms. The van der Waals surface area contributed by atoms with E-state index in [1.54, 1.807) is 6.07 Å². The number of methoxy groups -OCH3 is 2. The number of hydrogen-bond acceptors (Lipinski definition) is 7. The largest absolute Gasteiger partial charge is 0.481 e. The third-order valence-corrected chi connectivity index (χ3v) is 3.48. The molecule has 1 aromatic rings. The van der Waals surface area contributed by atoms with Crippen LogP contribution in [0.4, 0.5) is 5.95 Å². The van der Waals surface area contributed by atoms with Gasteiger partial charge < -0.3 is 9.47 Å². The molecule has 0 aliphatic heterocycles. The number of sulfonamides is 1. The number of aromatic nitrogens is 2. The van der Waals surface area contributed by atoms with Gasteiger partial charge in [0.1, 0.15) is 0 Å². The second kappa shape index (κ2) is 5.50. The molecule has 1 atom stereocenters. The number of nitrogens with zero attached hydrogens (tertiary/aromatic N) is 3. The number of hydrogen-bond donors (Lipinski definition) is 1. The molecule has 0 aliphatic rings. The highest BCUT2D eigenvalue weighted by Gasteiger charge is 2.22. The number of nitrogens with one attached hydrogen (secondary N) is 1. The van der Waals surface area contributed by atoms with Crippen LogP contribution in [0.15, 0.2) is 6.07 Å². The van der Waals surface area contributed by atoms with E-state index in [2.05, 4.69) is 14.7 Å². The quantitative estimate of drug-likeness (QED) is 0.811. The van der Waals surface area contributed by atoms with Gasteiger partial charge in [0.25, 0.3) is 10.0 Å². The van der Waals surface area contributed by atoms with E-state index in [0.717, 1.165) is 0 Å². The van der Waals surface area contributed by atoms with E-state index >= 15 is 0 Å². The van der Waals surface area contributed by atoms with Crippen molar-refractivity contribution >= 4 is 16.0 Å². The second-order valence-electron chi connectivity index (χ2n) is 3.19. The fourth-order valence-corrected chi connectivity index (χ4v) is 1.61. The molecule has 1 rings (SSSR count). The van der Waals surface area contributed by atoms with E-state index in [9.17, 15) is 8.42 Å².